The van der Waals surface area contributed by atoms with E-state index in [1.165, 1.54) is 16.6 Å². The normalized spacial score (nSPS) is 10.9. The van der Waals surface area contributed by atoms with E-state index in [-0.39, 0.29) is 0 Å². The molecule has 0 aliphatic rings. The monoisotopic (exact) mass is 440 g/mol. The van der Waals surface area contributed by atoms with Gasteiger partial charge in [-0.15, -0.1) is 6.58 Å². The van der Waals surface area contributed by atoms with Crippen molar-refractivity contribution >= 4 is 11.0 Å². The fourth-order valence-electron chi connectivity index (χ4n) is 4.15. The second kappa shape index (κ2) is 11.4. The van der Waals surface area contributed by atoms with Gasteiger partial charge in [-0.2, -0.15) is 0 Å². The molecule has 4 aromatic rings. The lowest BCUT2D eigenvalue weighted by atomic mass is 10.1. The van der Waals surface area contributed by atoms with E-state index in [2.05, 4.69) is 71.8 Å². The number of aryl methyl sites for hydroxylation is 3. The topological polar surface area (TPSA) is 36.3 Å². The van der Waals surface area contributed by atoms with Crippen molar-refractivity contribution < 1.29 is 9.47 Å². The van der Waals surface area contributed by atoms with Crippen LogP contribution in [0.25, 0.3) is 11.0 Å². The van der Waals surface area contributed by atoms with Gasteiger partial charge in [-0.05, 0) is 61.1 Å². The minimum atomic E-state index is 0.656. The molecule has 0 aliphatic heterocycles. The number of benzene rings is 3. The number of para-hydroxylation sites is 2. The number of methoxy groups -OCH3 is 1. The second-order valence-corrected chi connectivity index (χ2v) is 8.19. The predicted molar refractivity (Wildman–Crippen MR) is 135 cm³/mol. The molecule has 0 unspecified atom stereocenters. The molecule has 1 heterocycles. The summed E-state index contributed by atoms with van der Waals surface area (Å²) in [6.07, 6.45) is 6.63. The van der Waals surface area contributed by atoms with Gasteiger partial charge in [0.05, 0.1) is 24.8 Å². The lowest BCUT2D eigenvalue weighted by Crippen LogP contribution is -2.07. The van der Waals surface area contributed by atoms with E-state index in [4.69, 9.17) is 14.5 Å². The van der Waals surface area contributed by atoms with Gasteiger partial charge in [0, 0.05) is 13.0 Å². The number of nitrogens with zero attached hydrogens (tertiary/aromatic N) is 2. The van der Waals surface area contributed by atoms with Crippen molar-refractivity contribution in [2.45, 2.75) is 38.6 Å². The fourth-order valence-corrected chi connectivity index (χ4v) is 4.15. The Bertz CT molecular complexity index is 1180. The maximum atomic E-state index is 6.03. The molecule has 170 valence electrons. The molecular formula is C29H32N2O2. The number of rotatable bonds is 12. The van der Waals surface area contributed by atoms with Crippen LogP contribution in [0.4, 0.5) is 0 Å². The Morgan fingerprint density at radius 2 is 1.70 bits per heavy atom. The van der Waals surface area contributed by atoms with Crippen molar-refractivity contribution in [3.63, 3.8) is 0 Å². The van der Waals surface area contributed by atoms with E-state index in [9.17, 15) is 0 Å². The first-order chi connectivity index (χ1) is 16.3. The summed E-state index contributed by atoms with van der Waals surface area (Å²) in [5.41, 5.74) is 4.80. The SMILES string of the molecule is C=CCc1ccc(OCCCCn2c(CCc3ccccc3)nc3ccccc32)c(OC)c1. The molecule has 0 fully saturated rings. The first-order valence-corrected chi connectivity index (χ1v) is 11.7. The molecule has 4 nitrogen and oxygen atoms in total. The van der Waals surface area contributed by atoms with Crippen molar-refractivity contribution in [2.75, 3.05) is 13.7 Å². The lowest BCUT2D eigenvalue weighted by Gasteiger charge is -2.13. The van der Waals surface area contributed by atoms with Crippen LogP contribution in [0.5, 0.6) is 11.5 Å². The molecule has 0 amide bonds. The van der Waals surface area contributed by atoms with E-state index in [1.807, 2.05) is 18.2 Å². The van der Waals surface area contributed by atoms with Crippen molar-refractivity contribution in [3.05, 3.63) is 102 Å². The minimum absolute atomic E-state index is 0.656. The molecule has 0 saturated carbocycles. The number of imidazole rings is 1. The smallest absolute Gasteiger partial charge is 0.161 e. The Morgan fingerprint density at radius 3 is 2.52 bits per heavy atom. The molecule has 0 atom stereocenters. The van der Waals surface area contributed by atoms with Gasteiger partial charge in [0.15, 0.2) is 11.5 Å². The zero-order valence-electron chi connectivity index (χ0n) is 19.4. The zero-order chi connectivity index (χ0) is 22.9. The number of unbranched alkanes of at least 4 members (excludes halogenated alkanes) is 1. The average Bonchev–Trinajstić information content (AvgIpc) is 3.21. The highest BCUT2D eigenvalue weighted by molar-refractivity contribution is 5.75. The first-order valence-electron chi connectivity index (χ1n) is 11.7. The van der Waals surface area contributed by atoms with Gasteiger partial charge in [-0.3, -0.25) is 0 Å². The third-order valence-electron chi connectivity index (χ3n) is 5.86. The van der Waals surface area contributed by atoms with E-state index in [0.29, 0.717) is 6.61 Å². The fraction of sp³-hybridized carbons (Fsp3) is 0.276. The van der Waals surface area contributed by atoms with Crippen LogP contribution in [0.1, 0.15) is 29.8 Å². The lowest BCUT2D eigenvalue weighted by molar-refractivity contribution is 0.283. The Balaban J connectivity index is 1.35. The highest BCUT2D eigenvalue weighted by atomic mass is 16.5. The van der Waals surface area contributed by atoms with Crippen molar-refractivity contribution in [1.82, 2.24) is 9.55 Å². The van der Waals surface area contributed by atoms with Gasteiger partial charge in [-0.25, -0.2) is 4.98 Å². The highest BCUT2D eigenvalue weighted by Gasteiger charge is 2.11. The van der Waals surface area contributed by atoms with Crippen LogP contribution >= 0.6 is 0 Å². The molecule has 0 spiro atoms. The summed E-state index contributed by atoms with van der Waals surface area (Å²) in [5, 5.41) is 0. The first kappa shape index (κ1) is 22.7. The van der Waals surface area contributed by atoms with Gasteiger partial charge >= 0.3 is 0 Å². The van der Waals surface area contributed by atoms with Gasteiger partial charge in [0.25, 0.3) is 0 Å². The molecule has 0 bridgehead atoms. The van der Waals surface area contributed by atoms with Crippen LogP contribution in [-0.4, -0.2) is 23.3 Å². The summed E-state index contributed by atoms with van der Waals surface area (Å²) in [6.45, 7) is 5.39. The summed E-state index contributed by atoms with van der Waals surface area (Å²) in [7, 11) is 1.68. The number of hydrogen-bond acceptors (Lipinski definition) is 3. The largest absolute Gasteiger partial charge is 0.493 e. The third kappa shape index (κ3) is 5.83. The average molecular weight is 441 g/mol. The third-order valence-corrected chi connectivity index (χ3v) is 5.86. The number of hydrogen-bond donors (Lipinski definition) is 0. The minimum Gasteiger partial charge on any atom is -0.493 e. The summed E-state index contributed by atoms with van der Waals surface area (Å²) < 4.78 is 13.9. The van der Waals surface area contributed by atoms with E-state index < -0.39 is 0 Å². The second-order valence-electron chi connectivity index (χ2n) is 8.19. The van der Waals surface area contributed by atoms with Gasteiger partial charge in [-0.1, -0.05) is 54.6 Å². The summed E-state index contributed by atoms with van der Waals surface area (Å²) in [6, 6.07) is 25.1. The Labute approximate surface area is 196 Å². The van der Waals surface area contributed by atoms with Crippen molar-refractivity contribution in [3.8, 4) is 11.5 Å². The van der Waals surface area contributed by atoms with Crippen LogP contribution in [-0.2, 0) is 25.8 Å². The van der Waals surface area contributed by atoms with Crippen LogP contribution in [0.3, 0.4) is 0 Å². The molecule has 1 aromatic heterocycles. The van der Waals surface area contributed by atoms with E-state index in [1.54, 1.807) is 7.11 Å². The molecular weight excluding hydrogens is 408 g/mol. The summed E-state index contributed by atoms with van der Waals surface area (Å²) in [5.74, 6) is 2.72. The standard InChI is InChI=1S/C29H32N2O2/c1-3-11-24-16-18-27(28(22-24)32-2)33-21-10-9-20-31-26-15-8-7-14-25(26)30-29(31)19-17-23-12-5-4-6-13-23/h3-8,12-16,18,22H,1,9-11,17,19-21H2,2H3. The van der Waals surface area contributed by atoms with Gasteiger partial charge in [0.2, 0.25) is 0 Å². The number of fused-ring (bicyclic) bond motifs is 1. The number of allylic oxidation sites excluding steroid dienone is 1. The van der Waals surface area contributed by atoms with Gasteiger partial charge in [0.1, 0.15) is 5.82 Å². The maximum Gasteiger partial charge on any atom is 0.161 e. The molecule has 0 saturated heterocycles. The van der Waals surface area contributed by atoms with Crippen LogP contribution in [0, 0.1) is 0 Å². The van der Waals surface area contributed by atoms with Crippen LogP contribution in [0.15, 0.2) is 85.5 Å². The maximum absolute atomic E-state index is 6.03. The summed E-state index contributed by atoms with van der Waals surface area (Å²) >= 11 is 0. The van der Waals surface area contributed by atoms with Crippen LogP contribution in [0.2, 0.25) is 0 Å². The molecule has 0 radical (unpaired) electrons. The Hall–Kier alpha value is -3.53. The summed E-state index contributed by atoms with van der Waals surface area (Å²) in [4.78, 5) is 4.93. The quantitative estimate of drug-likeness (QED) is 0.188. The van der Waals surface area contributed by atoms with Crippen LogP contribution < -0.4 is 9.47 Å². The van der Waals surface area contributed by atoms with Crippen molar-refractivity contribution in [1.29, 1.82) is 0 Å². The molecule has 0 aliphatic carbocycles. The molecule has 33 heavy (non-hydrogen) atoms. The molecule has 0 N–H and O–H groups in total. The van der Waals surface area contributed by atoms with E-state index in [0.717, 1.165) is 61.5 Å². The Kier molecular flexibility index (Phi) is 7.81. The van der Waals surface area contributed by atoms with Crippen molar-refractivity contribution in [2.24, 2.45) is 0 Å². The molecule has 4 rings (SSSR count). The molecule has 3 aromatic carbocycles. The zero-order valence-corrected chi connectivity index (χ0v) is 19.4. The van der Waals surface area contributed by atoms with Gasteiger partial charge < -0.3 is 14.0 Å². The molecule has 4 heteroatoms. The number of aromatic nitrogens is 2. The Morgan fingerprint density at radius 1 is 0.879 bits per heavy atom. The predicted octanol–water partition coefficient (Wildman–Crippen LogP) is 6.42. The highest BCUT2D eigenvalue weighted by Crippen LogP contribution is 2.28. The number of ether oxygens (including phenoxy) is 2. The van der Waals surface area contributed by atoms with E-state index >= 15 is 0 Å².